The normalized spacial score (nSPS) is 9.87. The molecule has 4 nitrogen and oxygen atoms in total. The van der Waals surface area contributed by atoms with Crippen molar-refractivity contribution in [3.05, 3.63) is 48.2 Å². The third kappa shape index (κ3) is 1.83. The van der Waals surface area contributed by atoms with E-state index in [0.717, 1.165) is 5.56 Å². The molecule has 1 heterocycles. The SMILES string of the molecule is NC(=O)c1ccnnc1-c1ccccc1. The first-order valence-electron chi connectivity index (χ1n) is 4.46. The molecule has 74 valence electrons. The van der Waals surface area contributed by atoms with Crippen molar-refractivity contribution in [1.82, 2.24) is 10.2 Å². The van der Waals surface area contributed by atoms with Gasteiger partial charge in [0.2, 0.25) is 0 Å². The predicted octanol–water partition coefficient (Wildman–Crippen LogP) is 1.24. The van der Waals surface area contributed by atoms with Crippen LogP contribution in [-0.4, -0.2) is 16.1 Å². The van der Waals surface area contributed by atoms with Crippen molar-refractivity contribution >= 4 is 5.91 Å². The number of aromatic nitrogens is 2. The zero-order chi connectivity index (χ0) is 10.7. The summed E-state index contributed by atoms with van der Waals surface area (Å²) in [6, 6.07) is 10.9. The van der Waals surface area contributed by atoms with E-state index in [9.17, 15) is 4.79 Å². The van der Waals surface area contributed by atoms with Gasteiger partial charge in [-0.3, -0.25) is 4.79 Å². The first-order valence-corrected chi connectivity index (χ1v) is 4.46. The van der Waals surface area contributed by atoms with Crippen LogP contribution < -0.4 is 5.73 Å². The molecule has 0 saturated carbocycles. The van der Waals surface area contributed by atoms with Crippen molar-refractivity contribution < 1.29 is 4.79 Å². The van der Waals surface area contributed by atoms with Crippen molar-refractivity contribution in [3.63, 3.8) is 0 Å². The molecule has 0 saturated heterocycles. The molecule has 4 heteroatoms. The minimum Gasteiger partial charge on any atom is -0.366 e. The fourth-order valence-corrected chi connectivity index (χ4v) is 1.34. The maximum absolute atomic E-state index is 11.1. The average Bonchev–Trinajstić information content (AvgIpc) is 2.30. The van der Waals surface area contributed by atoms with Gasteiger partial charge in [0.15, 0.2) is 0 Å². The summed E-state index contributed by atoms with van der Waals surface area (Å²) < 4.78 is 0. The molecular weight excluding hydrogens is 190 g/mol. The predicted molar refractivity (Wildman–Crippen MR) is 56.0 cm³/mol. The minimum atomic E-state index is -0.497. The number of nitrogens with two attached hydrogens (primary N) is 1. The molecule has 15 heavy (non-hydrogen) atoms. The minimum absolute atomic E-state index is 0.385. The average molecular weight is 199 g/mol. The lowest BCUT2D eigenvalue weighted by Crippen LogP contribution is -2.13. The topological polar surface area (TPSA) is 68.9 Å². The lowest BCUT2D eigenvalue weighted by Gasteiger charge is -2.03. The molecule has 0 spiro atoms. The standard InChI is InChI=1S/C11H9N3O/c12-11(15)9-6-7-13-14-10(9)8-4-2-1-3-5-8/h1-7H,(H2,12,15). The summed E-state index contributed by atoms with van der Waals surface area (Å²) >= 11 is 0. The first-order chi connectivity index (χ1) is 7.29. The second-order valence-electron chi connectivity index (χ2n) is 3.02. The van der Waals surface area contributed by atoms with Gasteiger partial charge in [0.05, 0.1) is 11.8 Å². The van der Waals surface area contributed by atoms with Gasteiger partial charge in [-0.05, 0) is 6.07 Å². The molecule has 0 aliphatic rings. The van der Waals surface area contributed by atoms with Crippen molar-refractivity contribution in [2.45, 2.75) is 0 Å². The number of nitrogens with zero attached hydrogens (tertiary/aromatic N) is 2. The Labute approximate surface area is 86.8 Å². The van der Waals surface area contributed by atoms with Crippen LogP contribution >= 0.6 is 0 Å². The maximum atomic E-state index is 11.1. The molecule has 1 aromatic heterocycles. The summed E-state index contributed by atoms with van der Waals surface area (Å²) in [5.41, 5.74) is 6.98. The highest BCUT2D eigenvalue weighted by Gasteiger charge is 2.10. The fraction of sp³-hybridized carbons (Fsp3) is 0. The van der Waals surface area contributed by atoms with Crippen molar-refractivity contribution in [2.24, 2.45) is 5.73 Å². The number of rotatable bonds is 2. The highest BCUT2D eigenvalue weighted by molar-refractivity contribution is 5.98. The van der Waals surface area contributed by atoms with E-state index in [1.807, 2.05) is 30.3 Å². The second-order valence-corrected chi connectivity index (χ2v) is 3.02. The van der Waals surface area contributed by atoms with E-state index in [1.165, 1.54) is 6.20 Å². The van der Waals surface area contributed by atoms with Gasteiger partial charge in [0.25, 0.3) is 5.91 Å². The van der Waals surface area contributed by atoms with E-state index < -0.39 is 5.91 Å². The monoisotopic (exact) mass is 199 g/mol. The van der Waals surface area contributed by atoms with Crippen LogP contribution in [0, 0.1) is 0 Å². The van der Waals surface area contributed by atoms with Gasteiger partial charge in [0.1, 0.15) is 5.69 Å². The van der Waals surface area contributed by atoms with Gasteiger partial charge >= 0.3 is 0 Å². The number of carbonyl (C=O) groups excluding carboxylic acids is 1. The highest BCUT2D eigenvalue weighted by atomic mass is 16.1. The summed E-state index contributed by atoms with van der Waals surface area (Å²) in [5.74, 6) is -0.497. The van der Waals surface area contributed by atoms with E-state index in [1.54, 1.807) is 6.07 Å². The van der Waals surface area contributed by atoms with Gasteiger partial charge in [-0.25, -0.2) is 0 Å². The molecule has 0 bridgehead atoms. The molecule has 1 amide bonds. The Kier molecular flexibility index (Phi) is 2.41. The second kappa shape index (κ2) is 3.88. The zero-order valence-corrected chi connectivity index (χ0v) is 7.92. The molecule has 0 aliphatic heterocycles. The molecular formula is C11H9N3O. The number of amides is 1. The van der Waals surface area contributed by atoms with Crippen LogP contribution in [0.15, 0.2) is 42.6 Å². The summed E-state index contributed by atoms with van der Waals surface area (Å²) in [5, 5.41) is 7.67. The molecule has 1 aromatic carbocycles. The van der Waals surface area contributed by atoms with Gasteiger partial charge in [-0.2, -0.15) is 5.10 Å². The molecule has 0 fully saturated rings. The van der Waals surface area contributed by atoms with Crippen LogP contribution in [0.25, 0.3) is 11.3 Å². The van der Waals surface area contributed by atoms with E-state index in [2.05, 4.69) is 10.2 Å². The van der Waals surface area contributed by atoms with Crippen LogP contribution in [0.1, 0.15) is 10.4 Å². The number of benzene rings is 1. The molecule has 0 aliphatic carbocycles. The summed E-state index contributed by atoms with van der Waals surface area (Å²) in [6.45, 7) is 0. The Morgan fingerprint density at radius 1 is 1.13 bits per heavy atom. The van der Waals surface area contributed by atoms with Gasteiger partial charge in [-0.1, -0.05) is 30.3 Å². The molecule has 0 radical (unpaired) electrons. The lowest BCUT2D eigenvalue weighted by atomic mass is 10.1. The number of primary amides is 1. The molecule has 2 rings (SSSR count). The Morgan fingerprint density at radius 3 is 2.53 bits per heavy atom. The third-order valence-electron chi connectivity index (χ3n) is 2.03. The summed E-state index contributed by atoms with van der Waals surface area (Å²) in [4.78, 5) is 11.1. The van der Waals surface area contributed by atoms with Gasteiger partial charge in [0, 0.05) is 5.56 Å². The Morgan fingerprint density at radius 2 is 1.87 bits per heavy atom. The van der Waals surface area contributed by atoms with Crippen LogP contribution in [0.5, 0.6) is 0 Å². The largest absolute Gasteiger partial charge is 0.366 e. The zero-order valence-electron chi connectivity index (χ0n) is 7.92. The van der Waals surface area contributed by atoms with E-state index in [0.29, 0.717) is 11.3 Å². The van der Waals surface area contributed by atoms with E-state index in [-0.39, 0.29) is 0 Å². The summed E-state index contributed by atoms with van der Waals surface area (Å²) in [6.07, 6.45) is 1.45. The molecule has 2 N–H and O–H groups in total. The lowest BCUT2D eigenvalue weighted by molar-refractivity contribution is 0.100. The maximum Gasteiger partial charge on any atom is 0.251 e. The number of hydrogen-bond acceptors (Lipinski definition) is 3. The van der Waals surface area contributed by atoms with Crippen LogP contribution in [-0.2, 0) is 0 Å². The van der Waals surface area contributed by atoms with Gasteiger partial charge < -0.3 is 5.73 Å². The smallest absolute Gasteiger partial charge is 0.251 e. The van der Waals surface area contributed by atoms with Crippen molar-refractivity contribution in [2.75, 3.05) is 0 Å². The summed E-state index contributed by atoms with van der Waals surface area (Å²) in [7, 11) is 0. The fourth-order valence-electron chi connectivity index (χ4n) is 1.34. The first kappa shape index (κ1) is 9.33. The van der Waals surface area contributed by atoms with Crippen molar-refractivity contribution in [1.29, 1.82) is 0 Å². The van der Waals surface area contributed by atoms with Crippen LogP contribution in [0.2, 0.25) is 0 Å². The van der Waals surface area contributed by atoms with E-state index >= 15 is 0 Å². The quantitative estimate of drug-likeness (QED) is 0.791. The molecule has 0 unspecified atom stereocenters. The number of hydrogen-bond donors (Lipinski definition) is 1. The Bertz CT molecular complexity index is 482. The number of carbonyl (C=O) groups is 1. The highest BCUT2D eigenvalue weighted by Crippen LogP contribution is 2.19. The Hall–Kier alpha value is -2.23. The third-order valence-corrected chi connectivity index (χ3v) is 2.03. The van der Waals surface area contributed by atoms with E-state index in [4.69, 9.17) is 5.73 Å². The van der Waals surface area contributed by atoms with Crippen molar-refractivity contribution in [3.8, 4) is 11.3 Å². The molecule has 2 aromatic rings. The van der Waals surface area contributed by atoms with Gasteiger partial charge in [-0.15, -0.1) is 5.10 Å². The van der Waals surface area contributed by atoms with Crippen LogP contribution in [0.4, 0.5) is 0 Å². The molecule has 0 atom stereocenters. The Balaban J connectivity index is 2.58. The van der Waals surface area contributed by atoms with Crippen LogP contribution in [0.3, 0.4) is 0 Å².